The van der Waals surface area contributed by atoms with Crippen LogP contribution in [-0.4, -0.2) is 28.9 Å². The fraction of sp³-hybridized carbons (Fsp3) is 0.538. The Morgan fingerprint density at radius 3 is 2.67 bits per heavy atom. The van der Waals surface area contributed by atoms with Crippen molar-refractivity contribution in [2.24, 2.45) is 5.41 Å². The molecule has 2 heterocycles. The van der Waals surface area contributed by atoms with Gasteiger partial charge >= 0.3 is 0 Å². The van der Waals surface area contributed by atoms with Crippen molar-refractivity contribution in [2.45, 2.75) is 26.7 Å². The molecule has 1 fully saturated rings. The molecule has 0 saturated carbocycles. The van der Waals surface area contributed by atoms with Gasteiger partial charge in [-0.05, 0) is 24.3 Å². The normalized spacial score (nSPS) is 18.7. The summed E-state index contributed by atoms with van der Waals surface area (Å²) in [5, 5.41) is 0.221. The summed E-state index contributed by atoms with van der Waals surface area (Å²) < 4.78 is 0. The molecule has 5 heteroatoms. The van der Waals surface area contributed by atoms with E-state index in [1.165, 1.54) is 6.20 Å². The number of aromatic nitrogens is 1. The number of piperidine rings is 1. The van der Waals surface area contributed by atoms with Crippen molar-refractivity contribution in [2.75, 3.05) is 18.8 Å². The van der Waals surface area contributed by atoms with E-state index in [1.54, 1.807) is 6.07 Å². The second kappa shape index (κ2) is 4.76. The molecule has 18 heavy (non-hydrogen) atoms. The molecule has 1 amide bonds. The Bertz CT molecular complexity index is 463. The monoisotopic (exact) mass is 267 g/mol. The second-order valence-corrected chi connectivity index (χ2v) is 5.92. The summed E-state index contributed by atoms with van der Waals surface area (Å²) in [6, 6.07) is 1.59. The van der Waals surface area contributed by atoms with Gasteiger partial charge in [-0.2, -0.15) is 0 Å². The molecular weight excluding hydrogens is 250 g/mol. The number of nitrogen functional groups attached to an aromatic ring is 1. The first-order valence-electron chi connectivity index (χ1n) is 6.09. The highest BCUT2D eigenvalue weighted by Crippen LogP contribution is 2.30. The molecule has 1 aromatic rings. The minimum absolute atomic E-state index is 0.0738. The Balaban J connectivity index is 2.15. The number of nitrogens with zero attached hydrogens (tertiary/aromatic N) is 2. The summed E-state index contributed by atoms with van der Waals surface area (Å²) in [7, 11) is 0. The maximum absolute atomic E-state index is 12.3. The number of hydrogen-bond donors (Lipinski definition) is 1. The average Bonchev–Trinajstić information content (AvgIpc) is 2.31. The third-order valence-corrected chi connectivity index (χ3v) is 3.80. The highest BCUT2D eigenvalue weighted by atomic mass is 35.5. The Hall–Kier alpha value is -1.29. The molecular formula is C13H18ClN3O. The molecule has 0 aliphatic carbocycles. The van der Waals surface area contributed by atoms with Gasteiger partial charge in [0.1, 0.15) is 5.15 Å². The van der Waals surface area contributed by atoms with Gasteiger partial charge < -0.3 is 10.6 Å². The number of carbonyl (C=O) groups excluding carboxylic acids is 1. The third kappa shape index (κ3) is 2.75. The first-order valence-corrected chi connectivity index (χ1v) is 6.47. The van der Waals surface area contributed by atoms with Gasteiger partial charge in [-0.15, -0.1) is 0 Å². The maximum atomic E-state index is 12.3. The van der Waals surface area contributed by atoms with Crippen molar-refractivity contribution in [3.8, 4) is 0 Å². The van der Waals surface area contributed by atoms with Crippen molar-refractivity contribution in [3.63, 3.8) is 0 Å². The molecule has 0 bridgehead atoms. The summed E-state index contributed by atoms with van der Waals surface area (Å²) in [5.74, 6) is -0.0738. The zero-order valence-corrected chi connectivity index (χ0v) is 11.5. The molecule has 0 aromatic carbocycles. The van der Waals surface area contributed by atoms with Gasteiger partial charge in [-0.1, -0.05) is 25.4 Å². The van der Waals surface area contributed by atoms with E-state index >= 15 is 0 Å². The van der Waals surface area contributed by atoms with Gasteiger partial charge in [0, 0.05) is 13.1 Å². The lowest BCUT2D eigenvalue weighted by Gasteiger charge is -2.37. The van der Waals surface area contributed by atoms with Gasteiger partial charge in [-0.3, -0.25) is 4.79 Å². The Kier molecular flexibility index (Phi) is 3.48. The minimum Gasteiger partial charge on any atom is -0.397 e. The molecule has 0 spiro atoms. The molecule has 2 rings (SSSR count). The summed E-state index contributed by atoms with van der Waals surface area (Å²) in [5.41, 5.74) is 6.82. The van der Waals surface area contributed by atoms with Crippen molar-refractivity contribution < 1.29 is 4.79 Å². The van der Waals surface area contributed by atoms with Crippen molar-refractivity contribution >= 4 is 23.2 Å². The van der Waals surface area contributed by atoms with Crippen molar-refractivity contribution in [1.29, 1.82) is 0 Å². The smallest absolute Gasteiger partial charge is 0.257 e. The molecule has 1 saturated heterocycles. The Labute approximate surface area is 112 Å². The lowest BCUT2D eigenvalue weighted by Crippen LogP contribution is -2.41. The van der Waals surface area contributed by atoms with Crippen LogP contribution in [0.25, 0.3) is 0 Å². The number of carbonyl (C=O) groups is 1. The second-order valence-electron chi connectivity index (χ2n) is 5.56. The van der Waals surface area contributed by atoms with Crippen LogP contribution in [-0.2, 0) is 0 Å². The lowest BCUT2D eigenvalue weighted by molar-refractivity contribution is 0.0630. The average molecular weight is 268 g/mol. The van der Waals surface area contributed by atoms with Crippen LogP contribution in [0.15, 0.2) is 12.3 Å². The van der Waals surface area contributed by atoms with Gasteiger partial charge in [0.25, 0.3) is 5.91 Å². The third-order valence-electron chi connectivity index (χ3n) is 3.49. The van der Waals surface area contributed by atoms with E-state index in [0.717, 1.165) is 25.9 Å². The minimum atomic E-state index is -0.0738. The Morgan fingerprint density at radius 2 is 2.06 bits per heavy atom. The van der Waals surface area contributed by atoms with Crippen LogP contribution in [0.2, 0.25) is 5.15 Å². The van der Waals surface area contributed by atoms with E-state index in [9.17, 15) is 4.79 Å². The molecule has 1 aliphatic heterocycles. The number of amides is 1. The summed E-state index contributed by atoms with van der Waals surface area (Å²) >= 11 is 5.95. The molecule has 0 unspecified atom stereocenters. The summed E-state index contributed by atoms with van der Waals surface area (Å²) in [6.07, 6.45) is 3.47. The van der Waals surface area contributed by atoms with Crippen LogP contribution >= 0.6 is 11.6 Å². The predicted octanol–water partition coefficient (Wildman–Crippen LogP) is 2.58. The molecule has 4 nitrogen and oxygen atoms in total. The van der Waals surface area contributed by atoms with Gasteiger partial charge in [0.2, 0.25) is 0 Å². The largest absolute Gasteiger partial charge is 0.397 e. The highest BCUT2D eigenvalue weighted by molar-refractivity contribution is 6.32. The van der Waals surface area contributed by atoms with Crippen LogP contribution in [0.5, 0.6) is 0 Å². The van der Waals surface area contributed by atoms with E-state index in [1.807, 2.05) is 4.90 Å². The maximum Gasteiger partial charge on any atom is 0.257 e. The van der Waals surface area contributed by atoms with Crippen LogP contribution in [0.4, 0.5) is 5.69 Å². The van der Waals surface area contributed by atoms with E-state index < -0.39 is 0 Å². The highest BCUT2D eigenvalue weighted by Gasteiger charge is 2.29. The molecule has 1 aliphatic rings. The molecule has 0 atom stereocenters. The summed E-state index contributed by atoms with van der Waals surface area (Å²) in [6.45, 7) is 5.97. The number of pyridine rings is 1. The lowest BCUT2D eigenvalue weighted by atomic mass is 9.82. The number of nitrogens with two attached hydrogens (primary N) is 1. The number of anilines is 1. The van der Waals surface area contributed by atoms with Crippen LogP contribution in [0, 0.1) is 5.41 Å². The van der Waals surface area contributed by atoms with E-state index in [0.29, 0.717) is 16.7 Å². The Morgan fingerprint density at radius 1 is 1.44 bits per heavy atom. The SMILES string of the molecule is CC1(C)CCN(C(=O)c2cc(N)cnc2Cl)CC1. The number of halogens is 1. The van der Waals surface area contributed by atoms with Crippen LogP contribution in [0.1, 0.15) is 37.0 Å². The quantitative estimate of drug-likeness (QED) is 0.796. The van der Waals surface area contributed by atoms with Gasteiger partial charge in [0.15, 0.2) is 0 Å². The zero-order chi connectivity index (χ0) is 13.3. The van der Waals surface area contributed by atoms with Crippen molar-refractivity contribution in [3.05, 3.63) is 23.0 Å². The standard InChI is InChI=1S/C13H18ClN3O/c1-13(2)3-5-17(6-4-13)12(18)10-7-9(15)8-16-11(10)14/h7-8H,3-6,15H2,1-2H3. The topological polar surface area (TPSA) is 59.2 Å². The predicted molar refractivity (Wildman–Crippen MR) is 72.6 cm³/mol. The van der Waals surface area contributed by atoms with Gasteiger partial charge in [-0.25, -0.2) is 4.98 Å². The van der Waals surface area contributed by atoms with Crippen molar-refractivity contribution in [1.82, 2.24) is 9.88 Å². The first kappa shape index (κ1) is 13.1. The zero-order valence-electron chi connectivity index (χ0n) is 10.7. The molecule has 0 radical (unpaired) electrons. The van der Waals surface area contributed by atoms with Gasteiger partial charge in [0.05, 0.1) is 17.4 Å². The first-order chi connectivity index (χ1) is 8.39. The summed E-state index contributed by atoms with van der Waals surface area (Å²) in [4.78, 5) is 18.1. The van der Waals surface area contributed by atoms with E-state index in [-0.39, 0.29) is 11.1 Å². The molecule has 1 aromatic heterocycles. The number of likely N-dealkylation sites (tertiary alicyclic amines) is 1. The van der Waals surface area contributed by atoms with E-state index in [2.05, 4.69) is 18.8 Å². The molecule has 2 N–H and O–H groups in total. The number of hydrogen-bond acceptors (Lipinski definition) is 3. The van der Waals surface area contributed by atoms with Crippen LogP contribution < -0.4 is 5.73 Å². The fourth-order valence-corrected chi connectivity index (χ4v) is 2.28. The number of rotatable bonds is 1. The molecule has 98 valence electrons. The van der Waals surface area contributed by atoms with Crippen LogP contribution in [0.3, 0.4) is 0 Å². The fourth-order valence-electron chi connectivity index (χ4n) is 2.10. The van der Waals surface area contributed by atoms with E-state index in [4.69, 9.17) is 17.3 Å².